The van der Waals surface area contributed by atoms with E-state index in [1.807, 2.05) is 18.2 Å². The topological polar surface area (TPSA) is 160 Å². The fourth-order valence-corrected chi connectivity index (χ4v) is 3.43. The van der Waals surface area contributed by atoms with Crippen molar-refractivity contribution in [2.45, 2.75) is 12.6 Å². The standard InChI is InChI=1S/C18H19N5O2.C4H4O4/c24-23(25)14-6-7-17-15(10-14)21-18(16-11-19-8-9-20-16)22(17)12-13-4-2-1-3-5-13;5-3(6)1-2-4(7)8/h1-7,10,16,19-20H,8-9,11-12H2;1-2H,(H,5,6)(H,7,8). The molecule has 0 bridgehead atoms. The number of nitro groups is 1. The molecule has 1 saturated heterocycles. The normalized spacial score (nSPS) is 15.7. The van der Waals surface area contributed by atoms with Crippen LogP contribution in [0.2, 0.25) is 0 Å². The van der Waals surface area contributed by atoms with Gasteiger partial charge in [0.05, 0.1) is 22.0 Å². The zero-order valence-electron chi connectivity index (χ0n) is 17.5. The SMILES string of the molecule is O=C(O)C=CC(=O)O.O=[N+]([O-])c1ccc2c(c1)nc(C1CNCCN1)n2Cc1ccccc1. The number of nitrogens with zero attached hydrogens (tertiary/aromatic N) is 3. The van der Waals surface area contributed by atoms with Crippen molar-refractivity contribution in [2.24, 2.45) is 0 Å². The second kappa shape index (κ2) is 11.0. The van der Waals surface area contributed by atoms with E-state index < -0.39 is 11.9 Å². The molecule has 11 nitrogen and oxygen atoms in total. The van der Waals surface area contributed by atoms with Gasteiger partial charge in [0.2, 0.25) is 0 Å². The van der Waals surface area contributed by atoms with Gasteiger partial charge in [0.1, 0.15) is 5.82 Å². The molecular formula is C22H23N5O6. The number of nitro benzene ring substituents is 1. The van der Waals surface area contributed by atoms with Gasteiger partial charge in [-0.1, -0.05) is 30.3 Å². The second-order valence-electron chi connectivity index (χ2n) is 7.19. The summed E-state index contributed by atoms with van der Waals surface area (Å²) in [5, 5.41) is 33.6. The Morgan fingerprint density at radius 3 is 2.39 bits per heavy atom. The van der Waals surface area contributed by atoms with E-state index in [-0.39, 0.29) is 16.7 Å². The molecule has 2 aromatic carbocycles. The number of aromatic nitrogens is 2. The smallest absolute Gasteiger partial charge is 0.328 e. The monoisotopic (exact) mass is 453 g/mol. The zero-order chi connectivity index (χ0) is 23.8. The van der Waals surface area contributed by atoms with Gasteiger partial charge in [0.25, 0.3) is 5.69 Å². The Morgan fingerprint density at radius 1 is 1.12 bits per heavy atom. The van der Waals surface area contributed by atoms with Crippen LogP contribution in [0.1, 0.15) is 17.4 Å². The number of benzene rings is 2. The molecular weight excluding hydrogens is 430 g/mol. The number of carbonyl (C=O) groups is 2. The first kappa shape index (κ1) is 23.6. The Morgan fingerprint density at radius 2 is 1.82 bits per heavy atom. The molecule has 2 heterocycles. The molecule has 4 rings (SSSR count). The van der Waals surface area contributed by atoms with E-state index in [1.54, 1.807) is 18.2 Å². The first-order chi connectivity index (χ1) is 15.8. The highest BCUT2D eigenvalue weighted by atomic mass is 16.6. The minimum absolute atomic E-state index is 0.0677. The lowest BCUT2D eigenvalue weighted by molar-refractivity contribution is -0.384. The van der Waals surface area contributed by atoms with Crippen LogP contribution in [0, 0.1) is 10.1 Å². The lowest BCUT2D eigenvalue weighted by Gasteiger charge is -2.25. The Kier molecular flexibility index (Phi) is 7.84. The van der Waals surface area contributed by atoms with Crippen molar-refractivity contribution in [1.82, 2.24) is 20.2 Å². The molecule has 1 aliphatic rings. The van der Waals surface area contributed by atoms with Gasteiger partial charge in [-0.05, 0) is 11.6 Å². The van der Waals surface area contributed by atoms with E-state index in [0.29, 0.717) is 24.2 Å². The van der Waals surface area contributed by atoms with Crippen LogP contribution in [0.5, 0.6) is 0 Å². The van der Waals surface area contributed by atoms with Gasteiger partial charge < -0.3 is 25.4 Å². The molecule has 4 N–H and O–H groups in total. The van der Waals surface area contributed by atoms with Crippen LogP contribution >= 0.6 is 0 Å². The van der Waals surface area contributed by atoms with Gasteiger partial charge in [0, 0.05) is 50.5 Å². The minimum Gasteiger partial charge on any atom is -0.478 e. The lowest BCUT2D eigenvalue weighted by atomic mass is 10.2. The molecule has 1 unspecified atom stereocenters. The van der Waals surface area contributed by atoms with Crippen molar-refractivity contribution >= 4 is 28.7 Å². The largest absolute Gasteiger partial charge is 0.478 e. The van der Waals surface area contributed by atoms with Crippen molar-refractivity contribution in [3.05, 3.63) is 82.2 Å². The molecule has 1 aliphatic heterocycles. The van der Waals surface area contributed by atoms with Crippen molar-refractivity contribution in [3.63, 3.8) is 0 Å². The lowest BCUT2D eigenvalue weighted by Crippen LogP contribution is -2.43. The predicted molar refractivity (Wildman–Crippen MR) is 120 cm³/mol. The van der Waals surface area contributed by atoms with Crippen LogP contribution in [0.3, 0.4) is 0 Å². The number of fused-ring (bicyclic) bond motifs is 1. The van der Waals surface area contributed by atoms with Crippen LogP contribution in [-0.4, -0.2) is 56.3 Å². The number of imidazole rings is 1. The fourth-order valence-electron chi connectivity index (χ4n) is 3.43. The van der Waals surface area contributed by atoms with Gasteiger partial charge in [-0.15, -0.1) is 0 Å². The molecule has 0 saturated carbocycles. The molecule has 3 aromatic rings. The van der Waals surface area contributed by atoms with Crippen LogP contribution in [-0.2, 0) is 16.1 Å². The van der Waals surface area contributed by atoms with E-state index >= 15 is 0 Å². The number of carboxylic acid groups (broad SMARTS) is 2. The molecule has 1 atom stereocenters. The molecule has 1 aromatic heterocycles. The highest BCUT2D eigenvalue weighted by Gasteiger charge is 2.23. The van der Waals surface area contributed by atoms with Crippen molar-refractivity contribution < 1.29 is 24.7 Å². The number of nitrogens with one attached hydrogen (secondary N) is 2. The van der Waals surface area contributed by atoms with Crippen LogP contribution < -0.4 is 10.6 Å². The van der Waals surface area contributed by atoms with Crippen molar-refractivity contribution in [3.8, 4) is 0 Å². The maximum atomic E-state index is 11.1. The summed E-state index contributed by atoms with van der Waals surface area (Å²) in [4.78, 5) is 34.5. The van der Waals surface area contributed by atoms with Gasteiger partial charge in [-0.3, -0.25) is 10.1 Å². The summed E-state index contributed by atoms with van der Waals surface area (Å²) in [7, 11) is 0. The summed E-state index contributed by atoms with van der Waals surface area (Å²) < 4.78 is 2.15. The van der Waals surface area contributed by atoms with E-state index in [2.05, 4.69) is 27.3 Å². The van der Waals surface area contributed by atoms with Gasteiger partial charge in [-0.2, -0.15) is 0 Å². The summed E-state index contributed by atoms with van der Waals surface area (Å²) >= 11 is 0. The number of hydrogen-bond donors (Lipinski definition) is 4. The average Bonchev–Trinajstić information content (AvgIpc) is 3.17. The molecule has 0 radical (unpaired) electrons. The molecule has 0 aliphatic carbocycles. The molecule has 33 heavy (non-hydrogen) atoms. The van der Waals surface area contributed by atoms with E-state index in [9.17, 15) is 19.7 Å². The molecule has 0 amide bonds. The van der Waals surface area contributed by atoms with Gasteiger partial charge in [0.15, 0.2) is 0 Å². The summed E-state index contributed by atoms with van der Waals surface area (Å²) in [5.74, 6) is -1.61. The number of rotatable bonds is 6. The molecule has 0 spiro atoms. The number of carboxylic acids is 2. The van der Waals surface area contributed by atoms with Gasteiger partial charge in [-0.25, -0.2) is 14.6 Å². The number of hydrogen-bond acceptors (Lipinski definition) is 7. The van der Waals surface area contributed by atoms with E-state index in [4.69, 9.17) is 15.2 Å². The maximum Gasteiger partial charge on any atom is 0.328 e. The summed E-state index contributed by atoms with van der Waals surface area (Å²) in [5.41, 5.74) is 2.81. The summed E-state index contributed by atoms with van der Waals surface area (Å²) in [6, 6.07) is 15.2. The van der Waals surface area contributed by atoms with E-state index in [1.165, 1.54) is 5.56 Å². The van der Waals surface area contributed by atoms with Crippen LogP contribution in [0.4, 0.5) is 5.69 Å². The zero-order valence-corrected chi connectivity index (χ0v) is 17.5. The van der Waals surface area contributed by atoms with Crippen LogP contribution in [0.25, 0.3) is 11.0 Å². The quantitative estimate of drug-likeness (QED) is 0.248. The minimum atomic E-state index is -1.26. The fraction of sp³-hybridized carbons (Fsp3) is 0.227. The second-order valence-corrected chi connectivity index (χ2v) is 7.19. The number of non-ortho nitro benzene ring substituents is 1. The Balaban J connectivity index is 0.000000331. The van der Waals surface area contributed by atoms with Crippen LogP contribution in [0.15, 0.2) is 60.7 Å². The number of piperazine rings is 1. The highest BCUT2D eigenvalue weighted by molar-refractivity contribution is 5.89. The number of aliphatic carboxylic acids is 2. The van der Waals surface area contributed by atoms with Crippen molar-refractivity contribution in [1.29, 1.82) is 0 Å². The Labute approximate surface area is 188 Å². The first-order valence-corrected chi connectivity index (χ1v) is 10.1. The Hall–Kier alpha value is -4.09. The Bertz CT molecular complexity index is 1150. The average molecular weight is 453 g/mol. The summed E-state index contributed by atoms with van der Waals surface area (Å²) in [6.45, 7) is 3.28. The van der Waals surface area contributed by atoms with Crippen molar-refractivity contribution in [2.75, 3.05) is 19.6 Å². The third-order valence-corrected chi connectivity index (χ3v) is 4.88. The highest BCUT2D eigenvalue weighted by Crippen LogP contribution is 2.26. The maximum absolute atomic E-state index is 11.1. The molecule has 1 fully saturated rings. The first-order valence-electron chi connectivity index (χ1n) is 10.1. The third kappa shape index (κ3) is 6.45. The molecule has 172 valence electrons. The van der Waals surface area contributed by atoms with E-state index in [0.717, 1.165) is 31.0 Å². The molecule has 11 heteroatoms. The predicted octanol–water partition coefficient (Wildman–Crippen LogP) is 1.94. The third-order valence-electron chi connectivity index (χ3n) is 4.88. The summed E-state index contributed by atoms with van der Waals surface area (Å²) in [6.07, 6.45) is 1.12. The van der Waals surface area contributed by atoms with Gasteiger partial charge >= 0.3 is 11.9 Å².